The van der Waals surface area contributed by atoms with E-state index in [1.807, 2.05) is 13.8 Å². The van der Waals surface area contributed by atoms with Crippen LogP contribution in [0.2, 0.25) is 0 Å². The summed E-state index contributed by atoms with van der Waals surface area (Å²) in [6.45, 7) is 7.20. The van der Waals surface area contributed by atoms with Gasteiger partial charge in [-0.25, -0.2) is 8.42 Å². The first-order chi connectivity index (χ1) is 9.70. The summed E-state index contributed by atoms with van der Waals surface area (Å²) < 4.78 is 28.0. The van der Waals surface area contributed by atoms with Crippen molar-refractivity contribution in [1.82, 2.24) is 5.32 Å². The number of benzene rings is 1. The maximum absolute atomic E-state index is 12.0. The second kappa shape index (κ2) is 7.77. The molecular weight excluding hydrogens is 314 g/mol. The van der Waals surface area contributed by atoms with Crippen LogP contribution in [0.4, 0.5) is 0 Å². The van der Waals surface area contributed by atoms with E-state index in [0.717, 1.165) is 0 Å². The maximum Gasteiger partial charge on any atom is 0.261 e. The molecule has 0 radical (unpaired) electrons. The van der Waals surface area contributed by atoms with E-state index >= 15 is 0 Å². The molecule has 0 aromatic heterocycles. The second-order valence-corrected chi connectivity index (χ2v) is 7.76. The fraction of sp³-hybridized carbons (Fsp3) is 0.500. The van der Waals surface area contributed by atoms with E-state index in [-0.39, 0.29) is 16.4 Å². The van der Waals surface area contributed by atoms with Crippen molar-refractivity contribution in [3.8, 4) is 0 Å². The monoisotopic (exact) mass is 333 g/mol. The van der Waals surface area contributed by atoms with Crippen LogP contribution >= 0.6 is 10.7 Å². The van der Waals surface area contributed by atoms with Crippen molar-refractivity contribution < 1.29 is 17.9 Å². The van der Waals surface area contributed by atoms with Crippen LogP contribution in [0.5, 0.6) is 0 Å². The zero-order valence-electron chi connectivity index (χ0n) is 12.3. The molecule has 0 aliphatic rings. The Morgan fingerprint density at radius 3 is 2.57 bits per heavy atom. The molecule has 118 valence electrons. The Kier molecular flexibility index (Phi) is 6.64. The highest BCUT2D eigenvalue weighted by molar-refractivity contribution is 8.13. The largest absolute Gasteiger partial charge is 0.379 e. The number of ether oxygens (including phenoxy) is 1. The number of aryl methyl sites for hydroxylation is 1. The molecule has 0 atom stereocenters. The van der Waals surface area contributed by atoms with Crippen molar-refractivity contribution in [2.24, 2.45) is 5.92 Å². The Morgan fingerprint density at radius 2 is 2.00 bits per heavy atom. The lowest BCUT2D eigenvalue weighted by Gasteiger charge is -2.09. The number of halogens is 1. The lowest BCUT2D eigenvalue weighted by Crippen LogP contribution is -2.27. The third kappa shape index (κ3) is 6.46. The fourth-order valence-corrected chi connectivity index (χ4v) is 2.54. The van der Waals surface area contributed by atoms with Crippen molar-refractivity contribution in [3.05, 3.63) is 29.3 Å². The third-order valence-corrected chi connectivity index (χ3v) is 3.91. The van der Waals surface area contributed by atoms with Gasteiger partial charge in [0.05, 0.1) is 11.5 Å². The molecule has 1 amide bonds. The molecule has 21 heavy (non-hydrogen) atoms. The average Bonchev–Trinajstić information content (AvgIpc) is 2.36. The minimum absolute atomic E-state index is 0.0784. The van der Waals surface area contributed by atoms with Gasteiger partial charge < -0.3 is 10.1 Å². The van der Waals surface area contributed by atoms with Crippen LogP contribution < -0.4 is 5.32 Å². The molecule has 0 aliphatic heterocycles. The van der Waals surface area contributed by atoms with Crippen LogP contribution in [0, 0.1) is 12.8 Å². The molecule has 0 saturated carbocycles. The van der Waals surface area contributed by atoms with Crippen molar-refractivity contribution in [2.75, 3.05) is 19.8 Å². The van der Waals surface area contributed by atoms with Crippen LogP contribution in [0.25, 0.3) is 0 Å². The van der Waals surface area contributed by atoms with Gasteiger partial charge in [0.1, 0.15) is 0 Å². The zero-order chi connectivity index (χ0) is 16.0. The first-order valence-corrected chi connectivity index (χ1v) is 8.93. The van der Waals surface area contributed by atoms with Gasteiger partial charge in [0.15, 0.2) is 0 Å². The maximum atomic E-state index is 12.0. The van der Waals surface area contributed by atoms with Gasteiger partial charge in [-0.2, -0.15) is 0 Å². The first kappa shape index (κ1) is 17.9. The molecule has 0 saturated heterocycles. The molecule has 0 bridgehead atoms. The number of nitrogens with one attached hydrogen (secondary N) is 1. The SMILES string of the molecule is Cc1cc(C(=O)NCCOCC(C)C)cc(S(=O)(=O)Cl)c1. The normalized spacial score (nSPS) is 11.7. The predicted octanol–water partition coefficient (Wildman–Crippen LogP) is 2.32. The Bertz CT molecular complexity index is 599. The number of hydrogen-bond acceptors (Lipinski definition) is 4. The molecule has 0 aliphatic carbocycles. The van der Waals surface area contributed by atoms with E-state index in [2.05, 4.69) is 5.32 Å². The molecule has 5 nitrogen and oxygen atoms in total. The van der Waals surface area contributed by atoms with Crippen LogP contribution in [-0.4, -0.2) is 34.1 Å². The lowest BCUT2D eigenvalue weighted by atomic mass is 10.1. The highest BCUT2D eigenvalue weighted by Crippen LogP contribution is 2.18. The van der Waals surface area contributed by atoms with Crippen LogP contribution in [0.15, 0.2) is 23.1 Å². The Labute approximate surface area is 130 Å². The van der Waals surface area contributed by atoms with Gasteiger partial charge in [-0.15, -0.1) is 0 Å². The van der Waals surface area contributed by atoms with Gasteiger partial charge in [0, 0.05) is 29.4 Å². The van der Waals surface area contributed by atoms with Gasteiger partial charge in [0.2, 0.25) is 0 Å². The second-order valence-electron chi connectivity index (χ2n) is 5.20. The summed E-state index contributed by atoms with van der Waals surface area (Å²) in [5.41, 5.74) is 0.913. The fourth-order valence-electron chi connectivity index (χ4n) is 1.68. The molecule has 1 rings (SSSR count). The zero-order valence-corrected chi connectivity index (χ0v) is 13.9. The van der Waals surface area contributed by atoms with Crippen LogP contribution in [0.3, 0.4) is 0 Å². The average molecular weight is 334 g/mol. The van der Waals surface area contributed by atoms with Crippen molar-refractivity contribution >= 4 is 25.6 Å². The van der Waals surface area contributed by atoms with E-state index in [4.69, 9.17) is 15.4 Å². The molecule has 0 unspecified atom stereocenters. The lowest BCUT2D eigenvalue weighted by molar-refractivity contribution is 0.0886. The van der Waals surface area contributed by atoms with Gasteiger partial charge >= 0.3 is 0 Å². The Balaban J connectivity index is 2.64. The van der Waals surface area contributed by atoms with E-state index in [1.54, 1.807) is 13.0 Å². The van der Waals surface area contributed by atoms with Crippen molar-refractivity contribution in [3.63, 3.8) is 0 Å². The van der Waals surface area contributed by atoms with Gasteiger partial charge in [-0.3, -0.25) is 4.79 Å². The van der Waals surface area contributed by atoms with Crippen molar-refractivity contribution in [1.29, 1.82) is 0 Å². The number of rotatable bonds is 7. The van der Waals surface area contributed by atoms with E-state index in [1.165, 1.54) is 12.1 Å². The Hall–Kier alpha value is -1.11. The van der Waals surface area contributed by atoms with E-state index < -0.39 is 9.05 Å². The summed E-state index contributed by atoms with van der Waals surface area (Å²) in [5, 5.41) is 2.68. The van der Waals surface area contributed by atoms with Gasteiger partial charge in [-0.05, 0) is 36.6 Å². The number of amides is 1. The molecular formula is C14H20ClNO4S. The molecule has 0 heterocycles. The quantitative estimate of drug-likeness (QED) is 0.614. The summed E-state index contributed by atoms with van der Waals surface area (Å²) >= 11 is 0. The van der Waals surface area contributed by atoms with Crippen LogP contribution in [0.1, 0.15) is 29.8 Å². The molecule has 1 aromatic rings. The topological polar surface area (TPSA) is 72.5 Å². The van der Waals surface area contributed by atoms with Crippen molar-refractivity contribution in [2.45, 2.75) is 25.7 Å². The first-order valence-electron chi connectivity index (χ1n) is 6.62. The number of carbonyl (C=O) groups is 1. The highest BCUT2D eigenvalue weighted by atomic mass is 35.7. The van der Waals surface area contributed by atoms with Gasteiger partial charge in [0.25, 0.3) is 15.0 Å². The molecule has 1 N–H and O–H groups in total. The standard InChI is InChI=1S/C14H20ClNO4S/c1-10(2)9-20-5-4-16-14(17)12-6-11(3)7-13(8-12)21(15,18)19/h6-8,10H,4-5,9H2,1-3H3,(H,16,17). The van der Waals surface area contributed by atoms with Gasteiger partial charge in [-0.1, -0.05) is 13.8 Å². The number of carbonyl (C=O) groups excluding carboxylic acids is 1. The van der Waals surface area contributed by atoms with E-state index in [9.17, 15) is 13.2 Å². The molecule has 7 heteroatoms. The smallest absolute Gasteiger partial charge is 0.261 e. The Morgan fingerprint density at radius 1 is 1.33 bits per heavy atom. The highest BCUT2D eigenvalue weighted by Gasteiger charge is 2.14. The van der Waals surface area contributed by atoms with Crippen LogP contribution in [-0.2, 0) is 13.8 Å². The minimum Gasteiger partial charge on any atom is -0.379 e. The van der Waals surface area contributed by atoms with E-state index in [0.29, 0.717) is 31.2 Å². The minimum atomic E-state index is -3.85. The molecule has 0 spiro atoms. The molecule has 0 fully saturated rings. The summed E-state index contributed by atoms with van der Waals surface area (Å²) in [6.07, 6.45) is 0. The molecule has 1 aromatic carbocycles. The predicted molar refractivity (Wildman–Crippen MR) is 82.2 cm³/mol. The number of hydrogen-bond donors (Lipinski definition) is 1. The summed E-state index contributed by atoms with van der Waals surface area (Å²) in [6, 6.07) is 4.29. The summed E-state index contributed by atoms with van der Waals surface area (Å²) in [7, 11) is 1.45. The summed E-state index contributed by atoms with van der Waals surface area (Å²) in [4.78, 5) is 11.9. The third-order valence-electron chi connectivity index (χ3n) is 2.58. The summed E-state index contributed by atoms with van der Waals surface area (Å²) in [5.74, 6) is 0.0855.